The lowest BCUT2D eigenvalue weighted by molar-refractivity contribution is -0.139. The van der Waals surface area contributed by atoms with E-state index < -0.39 is 6.10 Å². The van der Waals surface area contributed by atoms with E-state index in [9.17, 15) is 4.79 Å². The number of hydrogen-bond acceptors (Lipinski definition) is 4. The van der Waals surface area contributed by atoms with E-state index in [1.165, 1.54) is 0 Å². The molecule has 28 heavy (non-hydrogen) atoms. The lowest BCUT2D eigenvalue weighted by Gasteiger charge is -2.28. The summed E-state index contributed by atoms with van der Waals surface area (Å²) in [5, 5.41) is 0.603. The second kappa shape index (κ2) is 9.05. The molecular weight excluding hydrogens is 446 g/mol. The smallest absolute Gasteiger partial charge is 0.263 e. The molecule has 0 aromatic heterocycles. The van der Waals surface area contributed by atoms with Crippen molar-refractivity contribution in [1.82, 2.24) is 4.90 Å². The van der Waals surface area contributed by atoms with Crippen LogP contribution in [0.15, 0.2) is 40.9 Å². The maximum absolute atomic E-state index is 13.1. The minimum Gasteiger partial charge on any atom is -0.493 e. The molecule has 0 bridgehead atoms. The van der Waals surface area contributed by atoms with Gasteiger partial charge in [0.05, 0.1) is 24.7 Å². The van der Waals surface area contributed by atoms with Crippen LogP contribution in [0.25, 0.3) is 0 Å². The van der Waals surface area contributed by atoms with Gasteiger partial charge in [0.2, 0.25) is 0 Å². The van der Waals surface area contributed by atoms with Gasteiger partial charge in [-0.3, -0.25) is 4.79 Å². The summed E-state index contributed by atoms with van der Waals surface area (Å²) >= 11 is 9.40. The molecule has 150 valence electrons. The lowest BCUT2D eigenvalue weighted by atomic mass is 10.0. The highest BCUT2D eigenvalue weighted by Crippen LogP contribution is 2.37. The Morgan fingerprint density at radius 3 is 2.54 bits per heavy atom. The van der Waals surface area contributed by atoms with Gasteiger partial charge >= 0.3 is 0 Å². The van der Waals surface area contributed by atoms with E-state index in [4.69, 9.17) is 25.8 Å². The first-order valence-electron chi connectivity index (χ1n) is 9.08. The molecule has 0 radical (unpaired) electrons. The van der Waals surface area contributed by atoms with Crippen LogP contribution in [0.5, 0.6) is 17.2 Å². The van der Waals surface area contributed by atoms with Gasteiger partial charge in [0.1, 0.15) is 5.75 Å². The molecule has 7 heteroatoms. The van der Waals surface area contributed by atoms with Gasteiger partial charge in [-0.25, -0.2) is 0 Å². The SMILES string of the molecule is COc1ccc(C2CCCN2C(=O)C(C)Oc2ccc(Cl)cc2Br)cc1OC. The fraction of sp³-hybridized carbons (Fsp3) is 0.381. The predicted octanol–water partition coefficient (Wildman–Crippen LogP) is 5.25. The van der Waals surface area contributed by atoms with E-state index in [1.54, 1.807) is 39.3 Å². The molecule has 1 fully saturated rings. The summed E-state index contributed by atoms with van der Waals surface area (Å²) in [5.74, 6) is 1.88. The highest BCUT2D eigenvalue weighted by Gasteiger charge is 2.33. The number of benzene rings is 2. The van der Waals surface area contributed by atoms with Crippen LogP contribution in [0.2, 0.25) is 5.02 Å². The van der Waals surface area contributed by atoms with Crippen molar-refractivity contribution in [1.29, 1.82) is 0 Å². The first-order chi connectivity index (χ1) is 13.4. The highest BCUT2D eigenvalue weighted by atomic mass is 79.9. The number of likely N-dealkylation sites (tertiary alicyclic amines) is 1. The van der Waals surface area contributed by atoms with E-state index >= 15 is 0 Å². The molecule has 0 saturated carbocycles. The number of amides is 1. The van der Waals surface area contributed by atoms with Crippen LogP contribution < -0.4 is 14.2 Å². The van der Waals surface area contributed by atoms with E-state index in [2.05, 4.69) is 15.9 Å². The van der Waals surface area contributed by atoms with Gasteiger partial charge in [-0.1, -0.05) is 17.7 Å². The van der Waals surface area contributed by atoms with Crippen molar-refractivity contribution in [3.8, 4) is 17.2 Å². The van der Waals surface area contributed by atoms with Crippen molar-refractivity contribution in [2.24, 2.45) is 0 Å². The Labute approximate surface area is 178 Å². The van der Waals surface area contributed by atoms with E-state index in [0.29, 0.717) is 28.8 Å². The van der Waals surface area contributed by atoms with Gasteiger partial charge < -0.3 is 19.1 Å². The van der Waals surface area contributed by atoms with Crippen LogP contribution in [0.1, 0.15) is 31.4 Å². The van der Waals surface area contributed by atoms with Gasteiger partial charge in [0, 0.05) is 11.6 Å². The molecule has 1 amide bonds. The standard InChI is InChI=1S/C21H23BrClNO4/c1-13(28-18-9-7-15(23)12-16(18)22)21(25)24-10-4-5-17(24)14-6-8-19(26-2)20(11-14)27-3/h6-9,11-13,17H,4-5,10H2,1-3H3. The van der Waals surface area contributed by atoms with Crippen molar-refractivity contribution in [3.05, 3.63) is 51.5 Å². The fourth-order valence-corrected chi connectivity index (χ4v) is 4.26. The number of methoxy groups -OCH3 is 2. The minimum absolute atomic E-state index is 0.00739. The average Bonchev–Trinajstić information content (AvgIpc) is 3.18. The molecule has 1 heterocycles. The molecule has 0 aliphatic carbocycles. The van der Waals surface area contributed by atoms with Crippen molar-refractivity contribution in [3.63, 3.8) is 0 Å². The Morgan fingerprint density at radius 2 is 1.86 bits per heavy atom. The summed E-state index contributed by atoms with van der Waals surface area (Å²) < 4.78 is 17.3. The summed E-state index contributed by atoms with van der Waals surface area (Å²) in [6.07, 6.45) is 1.24. The molecule has 3 rings (SSSR count). The number of nitrogens with zero attached hydrogens (tertiary/aromatic N) is 1. The van der Waals surface area contributed by atoms with Crippen molar-refractivity contribution in [2.45, 2.75) is 31.9 Å². The Hall–Kier alpha value is -1.92. The minimum atomic E-state index is -0.613. The summed E-state index contributed by atoms with van der Waals surface area (Å²) in [5.41, 5.74) is 1.03. The maximum atomic E-state index is 13.1. The molecule has 1 aliphatic rings. The Kier molecular flexibility index (Phi) is 6.73. The number of halogens is 2. The molecule has 0 spiro atoms. The molecule has 2 aromatic rings. The molecule has 5 nitrogen and oxygen atoms in total. The third kappa shape index (κ3) is 4.39. The number of hydrogen-bond donors (Lipinski definition) is 0. The second-order valence-electron chi connectivity index (χ2n) is 6.64. The fourth-order valence-electron chi connectivity index (χ4n) is 3.48. The molecule has 1 saturated heterocycles. The van der Waals surface area contributed by atoms with Gasteiger partial charge in [-0.15, -0.1) is 0 Å². The van der Waals surface area contributed by atoms with Crippen LogP contribution in [0.4, 0.5) is 0 Å². The maximum Gasteiger partial charge on any atom is 0.263 e. The summed E-state index contributed by atoms with van der Waals surface area (Å²) in [6.45, 7) is 2.47. The van der Waals surface area contributed by atoms with Crippen LogP contribution in [0, 0.1) is 0 Å². The van der Waals surface area contributed by atoms with Gasteiger partial charge in [-0.2, -0.15) is 0 Å². The Bertz CT molecular complexity index is 860. The van der Waals surface area contributed by atoms with Crippen molar-refractivity contribution in [2.75, 3.05) is 20.8 Å². The summed E-state index contributed by atoms with van der Waals surface area (Å²) in [6, 6.07) is 11.0. The predicted molar refractivity (Wildman–Crippen MR) is 112 cm³/mol. The molecular formula is C21H23BrClNO4. The van der Waals surface area contributed by atoms with Gasteiger partial charge in [0.25, 0.3) is 5.91 Å². The number of carbonyl (C=O) groups is 1. The van der Waals surface area contributed by atoms with E-state index in [0.717, 1.165) is 22.9 Å². The third-order valence-corrected chi connectivity index (χ3v) is 5.73. The quantitative estimate of drug-likeness (QED) is 0.581. The number of ether oxygens (including phenoxy) is 3. The average molecular weight is 469 g/mol. The molecule has 0 N–H and O–H groups in total. The van der Waals surface area contributed by atoms with Crippen LogP contribution in [-0.2, 0) is 4.79 Å². The highest BCUT2D eigenvalue weighted by molar-refractivity contribution is 9.10. The first-order valence-corrected chi connectivity index (χ1v) is 10.3. The largest absolute Gasteiger partial charge is 0.493 e. The summed E-state index contributed by atoms with van der Waals surface area (Å²) in [4.78, 5) is 15.0. The van der Waals surface area contributed by atoms with E-state index in [-0.39, 0.29) is 11.9 Å². The monoisotopic (exact) mass is 467 g/mol. The summed E-state index contributed by atoms with van der Waals surface area (Å²) in [7, 11) is 3.22. The topological polar surface area (TPSA) is 48.0 Å². The zero-order valence-corrected chi connectivity index (χ0v) is 18.4. The molecule has 1 aliphatic heterocycles. The van der Waals surface area contributed by atoms with Crippen LogP contribution >= 0.6 is 27.5 Å². The Morgan fingerprint density at radius 1 is 1.14 bits per heavy atom. The third-order valence-electron chi connectivity index (χ3n) is 4.87. The van der Waals surface area contributed by atoms with Crippen LogP contribution in [-0.4, -0.2) is 37.7 Å². The van der Waals surface area contributed by atoms with Gasteiger partial charge in [0.15, 0.2) is 17.6 Å². The Balaban J connectivity index is 1.77. The van der Waals surface area contributed by atoms with E-state index in [1.807, 2.05) is 23.1 Å². The number of rotatable bonds is 6. The molecule has 2 atom stereocenters. The normalized spacial score (nSPS) is 17.3. The van der Waals surface area contributed by atoms with Crippen LogP contribution in [0.3, 0.4) is 0 Å². The molecule has 2 unspecified atom stereocenters. The molecule has 2 aromatic carbocycles. The lowest BCUT2D eigenvalue weighted by Crippen LogP contribution is -2.40. The van der Waals surface area contributed by atoms with Gasteiger partial charge in [-0.05, 0) is 71.6 Å². The second-order valence-corrected chi connectivity index (χ2v) is 7.93. The zero-order chi connectivity index (χ0) is 20.3. The zero-order valence-electron chi connectivity index (χ0n) is 16.1. The van der Waals surface area contributed by atoms with Crippen molar-refractivity contribution < 1.29 is 19.0 Å². The van der Waals surface area contributed by atoms with Crippen molar-refractivity contribution >= 4 is 33.4 Å². The first kappa shape index (κ1) is 20.8. The number of carbonyl (C=O) groups excluding carboxylic acids is 1.